The van der Waals surface area contributed by atoms with Crippen LogP contribution in [0.5, 0.6) is 0 Å². The van der Waals surface area contributed by atoms with E-state index in [-0.39, 0.29) is 5.91 Å². The second-order valence-corrected chi connectivity index (χ2v) is 6.23. The summed E-state index contributed by atoms with van der Waals surface area (Å²) in [6.07, 6.45) is 4.86. The van der Waals surface area contributed by atoms with Gasteiger partial charge in [-0.15, -0.1) is 11.3 Å². The number of thiazole rings is 1. The summed E-state index contributed by atoms with van der Waals surface area (Å²) in [7, 11) is 0. The highest BCUT2D eigenvalue weighted by molar-refractivity contribution is 7.17. The van der Waals surface area contributed by atoms with Gasteiger partial charge in [-0.3, -0.25) is 9.78 Å². The lowest BCUT2D eigenvalue weighted by Gasteiger charge is -2.04. The van der Waals surface area contributed by atoms with Crippen LogP contribution in [0.4, 0.5) is 5.69 Å². The largest absolute Gasteiger partial charge is 0.462 e. The molecule has 3 aromatic heterocycles. The van der Waals surface area contributed by atoms with E-state index in [2.05, 4.69) is 15.3 Å². The van der Waals surface area contributed by atoms with Crippen molar-refractivity contribution in [2.45, 2.75) is 0 Å². The first-order valence-electron chi connectivity index (χ1n) is 7.63. The minimum absolute atomic E-state index is 0.208. The van der Waals surface area contributed by atoms with Gasteiger partial charge < -0.3 is 9.73 Å². The fraction of sp³-hybridized carbons (Fsp3) is 0. The lowest BCUT2D eigenvalue weighted by atomic mass is 10.1. The van der Waals surface area contributed by atoms with Crippen molar-refractivity contribution in [3.63, 3.8) is 0 Å². The van der Waals surface area contributed by atoms with Crippen LogP contribution in [0.1, 0.15) is 9.67 Å². The zero-order valence-corrected chi connectivity index (χ0v) is 13.9. The third kappa shape index (κ3) is 3.20. The first-order valence-corrected chi connectivity index (χ1v) is 8.44. The van der Waals surface area contributed by atoms with Gasteiger partial charge in [-0.05, 0) is 24.3 Å². The van der Waals surface area contributed by atoms with Crippen LogP contribution in [0, 0.1) is 0 Å². The third-order valence-corrected chi connectivity index (χ3v) is 4.62. The number of pyridine rings is 1. The predicted molar refractivity (Wildman–Crippen MR) is 97.4 cm³/mol. The summed E-state index contributed by atoms with van der Waals surface area (Å²) >= 11 is 1.31. The summed E-state index contributed by atoms with van der Waals surface area (Å²) in [5, 5.41) is 3.56. The van der Waals surface area contributed by atoms with Crippen LogP contribution < -0.4 is 5.32 Å². The minimum Gasteiger partial charge on any atom is -0.462 e. The number of amides is 1. The van der Waals surface area contributed by atoms with Gasteiger partial charge >= 0.3 is 0 Å². The number of aromatic nitrogens is 2. The van der Waals surface area contributed by atoms with Crippen LogP contribution in [0.3, 0.4) is 0 Å². The van der Waals surface area contributed by atoms with Crippen molar-refractivity contribution in [3.8, 4) is 22.0 Å². The molecule has 4 aromatic rings. The van der Waals surface area contributed by atoms with Gasteiger partial charge in [-0.25, -0.2) is 4.98 Å². The molecule has 0 bridgehead atoms. The van der Waals surface area contributed by atoms with Gasteiger partial charge in [0.2, 0.25) is 0 Å². The smallest absolute Gasteiger partial charge is 0.268 e. The van der Waals surface area contributed by atoms with Crippen molar-refractivity contribution < 1.29 is 9.21 Å². The Balaban J connectivity index is 1.76. The standard InChI is InChI=1S/C19H13N3O2S/c23-18(21-14-8-10-20-11-9-14)17-16(13-5-2-1-3-6-13)22-19(25-17)15-7-4-12-24-15/h1-12H,(H,20,21,23). The number of carbonyl (C=O) groups excluding carboxylic acids is 1. The Morgan fingerprint density at radius 3 is 2.52 bits per heavy atom. The van der Waals surface area contributed by atoms with Crippen molar-refractivity contribution in [2.24, 2.45) is 0 Å². The molecule has 0 aliphatic heterocycles. The molecule has 0 atom stereocenters. The molecule has 1 amide bonds. The average Bonchev–Trinajstić information content (AvgIpc) is 3.33. The number of furan rings is 1. The van der Waals surface area contributed by atoms with E-state index in [1.807, 2.05) is 36.4 Å². The monoisotopic (exact) mass is 347 g/mol. The molecule has 6 heteroatoms. The number of nitrogens with zero attached hydrogens (tertiary/aromatic N) is 2. The van der Waals surface area contributed by atoms with Gasteiger partial charge in [0.1, 0.15) is 4.88 Å². The van der Waals surface area contributed by atoms with E-state index in [9.17, 15) is 4.79 Å². The lowest BCUT2D eigenvalue weighted by molar-refractivity contribution is 0.103. The maximum absolute atomic E-state index is 12.8. The number of anilines is 1. The molecule has 0 saturated heterocycles. The highest BCUT2D eigenvalue weighted by Crippen LogP contribution is 2.34. The van der Waals surface area contributed by atoms with Crippen molar-refractivity contribution in [3.05, 3.63) is 78.1 Å². The summed E-state index contributed by atoms with van der Waals surface area (Å²) < 4.78 is 5.43. The Morgan fingerprint density at radius 1 is 1.00 bits per heavy atom. The molecule has 1 N–H and O–H groups in total. The topological polar surface area (TPSA) is 68.0 Å². The Hall–Kier alpha value is -3.25. The molecule has 0 fully saturated rings. The molecule has 1 aromatic carbocycles. The molecule has 0 spiro atoms. The van der Waals surface area contributed by atoms with Gasteiger partial charge in [-0.2, -0.15) is 0 Å². The minimum atomic E-state index is -0.208. The maximum Gasteiger partial charge on any atom is 0.268 e. The first-order chi connectivity index (χ1) is 12.3. The van der Waals surface area contributed by atoms with Crippen LogP contribution in [-0.4, -0.2) is 15.9 Å². The van der Waals surface area contributed by atoms with E-state index in [4.69, 9.17) is 4.42 Å². The molecule has 0 unspecified atom stereocenters. The zero-order chi connectivity index (χ0) is 17.1. The molecule has 0 saturated carbocycles. The molecule has 5 nitrogen and oxygen atoms in total. The van der Waals surface area contributed by atoms with Gasteiger partial charge in [0, 0.05) is 23.6 Å². The van der Waals surface area contributed by atoms with E-state index in [0.29, 0.717) is 27.0 Å². The summed E-state index contributed by atoms with van der Waals surface area (Å²) in [6, 6.07) is 16.8. The van der Waals surface area contributed by atoms with Crippen LogP contribution >= 0.6 is 11.3 Å². The van der Waals surface area contributed by atoms with Gasteiger partial charge in [-0.1, -0.05) is 30.3 Å². The lowest BCUT2D eigenvalue weighted by Crippen LogP contribution is -2.11. The van der Waals surface area contributed by atoms with Crippen LogP contribution in [0.15, 0.2) is 77.7 Å². The highest BCUT2D eigenvalue weighted by atomic mass is 32.1. The van der Waals surface area contributed by atoms with E-state index in [0.717, 1.165) is 5.56 Å². The second-order valence-electron chi connectivity index (χ2n) is 5.23. The number of nitrogens with one attached hydrogen (secondary N) is 1. The van der Waals surface area contributed by atoms with Crippen LogP contribution in [0.2, 0.25) is 0 Å². The van der Waals surface area contributed by atoms with E-state index < -0.39 is 0 Å². The number of benzene rings is 1. The van der Waals surface area contributed by atoms with Crippen LogP contribution in [-0.2, 0) is 0 Å². The number of rotatable bonds is 4. The SMILES string of the molecule is O=C(Nc1ccncc1)c1sc(-c2ccco2)nc1-c1ccccc1. The second kappa shape index (κ2) is 6.70. The molecular weight excluding hydrogens is 334 g/mol. The Labute approximate surface area is 148 Å². The maximum atomic E-state index is 12.8. The van der Waals surface area contributed by atoms with E-state index >= 15 is 0 Å². The Kier molecular flexibility index (Phi) is 4.10. The highest BCUT2D eigenvalue weighted by Gasteiger charge is 2.21. The average molecular weight is 347 g/mol. The van der Waals surface area contributed by atoms with Crippen molar-refractivity contribution in [1.29, 1.82) is 0 Å². The number of hydrogen-bond acceptors (Lipinski definition) is 5. The summed E-state index contributed by atoms with van der Waals surface area (Å²) in [5.74, 6) is 0.436. The van der Waals surface area contributed by atoms with Gasteiger partial charge in [0.25, 0.3) is 5.91 Å². The molecule has 25 heavy (non-hydrogen) atoms. The summed E-state index contributed by atoms with van der Waals surface area (Å²) in [4.78, 5) is 21.9. The van der Waals surface area contributed by atoms with E-state index in [1.54, 1.807) is 36.9 Å². The molecule has 0 radical (unpaired) electrons. The van der Waals surface area contributed by atoms with E-state index in [1.165, 1.54) is 11.3 Å². The van der Waals surface area contributed by atoms with Gasteiger partial charge in [0.15, 0.2) is 10.8 Å². The fourth-order valence-corrected chi connectivity index (χ4v) is 3.35. The van der Waals surface area contributed by atoms with Gasteiger partial charge in [0.05, 0.1) is 12.0 Å². The third-order valence-electron chi connectivity index (χ3n) is 3.55. The molecule has 0 aliphatic carbocycles. The predicted octanol–water partition coefficient (Wildman–Crippen LogP) is 4.72. The number of carbonyl (C=O) groups is 1. The van der Waals surface area contributed by atoms with Crippen molar-refractivity contribution in [2.75, 3.05) is 5.32 Å². The Morgan fingerprint density at radius 2 is 1.80 bits per heavy atom. The normalized spacial score (nSPS) is 10.6. The molecule has 4 rings (SSSR count). The van der Waals surface area contributed by atoms with Crippen molar-refractivity contribution in [1.82, 2.24) is 9.97 Å². The quantitative estimate of drug-likeness (QED) is 0.580. The Bertz CT molecular complexity index is 980. The fourth-order valence-electron chi connectivity index (χ4n) is 2.39. The summed E-state index contributed by atoms with van der Waals surface area (Å²) in [6.45, 7) is 0. The van der Waals surface area contributed by atoms with Crippen molar-refractivity contribution >= 4 is 22.9 Å². The molecule has 122 valence electrons. The number of hydrogen-bond donors (Lipinski definition) is 1. The summed E-state index contributed by atoms with van der Waals surface area (Å²) in [5.41, 5.74) is 2.21. The molecular formula is C19H13N3O2S. The zero-order valence-electron chi connectivity index (χ0n) is 13.0. The first kappa shape index (κ1) is 15.3. The molecule has 3 heterocycles. The molecule has 0 aliphatic rings. The van der Waals surface area contributed by atoms with Crippen LogP contribution in [0.25, 0.3) is 22.0 Å².